The standard InChI is InChI=1S/C27H33N3O3/c1-19(2)28-26(33)27(13-14-30(18-27)25(32)22-15-24(31)29(3)17-22)16-21-11-7-8-12-23(21)20-9-5-4-6-10-20/h4-12,19,22H,13-18H2,1-3H3,(H,28,33). The lowest BCUT2D eigenvalue weighted by molar-refractivity contribution is -0.136. The molecular formula is C27H33N3O3. The maximum atomic E-state index is 13.5. The van der Waals surface area contributed by atoms with E-state index in [0.29, 0.717) is 32.5 Å². The second-order valence-corrected chi connectivity index (χ2v) is 9.79. The molecule has 2 fully saturated rings. The molecule has 0 bridgehead atoms. The number of hydrogen-bond acceptors (Lipinski definition) is 3. The third-order valence-electron chi connectivity index (χ3n) is 6.89. The fourth-order valence-corrected chi connectivity index (χ4v) is 5.11. The molecule has 6 heteroatoms. The second-order valence-electron chi connectivity index (χ2n) is 9.79. The highest BCUT2D eigenvalue weighted by Crippen LogP contribution is 2.38. The van der Waals surface area contributed by atoms with Gasteiger partial charge in [-0.3, -0.25) is 14.4 Å². The molecule has 33 heavy (non-hydrogen) atoms. The van der Waals surface area contributed by atoms with Crippen molar-refractivity contribution in [3.8, 4) is 11.1 Å². The lowest BCUT2D eigenvalue weighted by Gasteiger charge is -2.30. The Bertz CT molecular complexity index is 1040. The number of nitrogens with one attached hydrogen (secondary N) is 1. The highest BCUT2D eigenvalue weighted by Gasteiger charge is 2.48. The molecule has 3 amide bonds. The summed E-state index contributed by atoms with van der Waals surface area (Å²) < 4.78 is 0. The van der Waals surface area contributed by atoms with Crippen LogP contribution in [0.25, 0.3) is 11.1 Å². The van der Waals surface area contributed by atoms with Crippen molar-refractivity contribution in [2.75, 3.05) is 26.7 Å². The molecule has 0 spiro atoms. The minimum Gasteiger partial charge on any atom is -0.353 e. The van der Waals surface area contributed by atoms with Crippen LogP contribution in [0.4, 0.5) is 0 Å². The van der Waals surface area contributed by atoms with Crippen LogP contribution in [0.15, 0.2) is 54.6 Å². The van der Waals surface area contributed by atoms with Crippen molar-refractivity contribution in [1.82, 2.24) is 15.1 Å². The van der Waals surface area contributed by atoms with Crippen LogP contribution >= 0.6 is 0 Å². The minimum atomic E-state index is -0.695. The number of carbonyl (C=O) groups is 3. The van der Waals surface area contributed by atoms with Crippen molar-refractivity contribution < 1.29 is 14.4 Å². The van der Waals surface area contributed by atoms with Gasteiger partial charge in [0.1, 0.15) is 0 Å². The summed E-state index contributed by atoms with van der Waals surface area (Å²) in [7, 11) is 1.74. The summed E-state index contributed by atoms with van der Waals surface area (Å²) in [6, 6.07) is 18.4. The van der Waals surface area contributed by atoms with Crippen molar-refractivity contribution >= 4 is 17.7 Å². The Hall–Kier alpha value is -3.15. The smallest absolute Gasteiger partial charge is 0.228 e. The van der Waals surface area contributed by atoms with Crippen LogP contribution < -0.4 is 5.32 Å². The van der Waals surface area contributed by atoms with Gasteiger partial charge in [-0.2, -0.15) is 0 Å². The SMILES string of the molecule is CC(C)NC(=O)C1(Cc2ccccc2-c2ccccc2)CCN(C(=O)C2CC(=O)N(C)C2)C1. The van der Waals surface area contributed by atoms with Crippen LogP contribution in [-0.4, -0.2) is 60.2 Å². The van der Waals surface area contributed by atoms with Gasteiger partial charge < -0.3 is 15.1 Å². The Kier molecular flexibility index (Phi) is 6.54. The maximum Gasteiger partial charge on any atom is 0.228 e. The number of amides is 3. The van der Waals surface area contributed by atoms with Crippen molar-refractivity contribution in [3.63, 3.8) is 0 Å². The van der Waals surface area contributed by atoms with E-state index in [9.17, 15) is 14.4 Å². The van der Waals surface area contributed by atoms with Crippen LogP contribution in [0.3, 0.4) is 0 Å². The second kappa shape index (κ2) is 9.38. The van der Waals surface area contributed by atoms with E-state index >= 15 is 0 Å². The Morgan fingerprint density at radius 3 is 2.45 bits per heavy atom. The van der Waals surface area contributed by atoms with Gasteiger partial charge in [-0.25, -0.2) is 0 Å². The molecule has 0 aliphatic carbocycles. The molecule has 2 aromatic rings. The molecule has 6 nitrogen and oxygen atoms in total. The number of nitrogens with zero attached hydrogens (tertiary/aromatic N) is 2. The quantitative estimate of drug-likeness (QED) is 0.740. The van der Waals surface area contributed by atoms with Gasteiger partial charge in [0.25, 0.3) is 0 Å². The van der Waals surface area contributed by atoms with Crippen LogP contribution in [0.5, 0.6) is 0 Å². The zero-order valence-electron chi connectivity index (χ0n) is 19.7. The first-order valence-electron chi connectivity index (χ1n) is 11.8. The molecule has 2 aliphatic heterocycles. The molecule has 0 aromatic heterocycles. The zero-order chi connectivity index (χ0) is 23.6. The van der Waals surface area contributed by atoms with E-state index in [2.05, 4.69) is 29.6 Å². The van der Waals surface area contributed by atoms with E-state index < -0.39 is 5.41 Å². The molecule has 2 aromatic carbocycles. The van der Waals surface area contributed by atoms with Gasteiger partial charge in [0.05, 0.1) is 11.3 Å². The molecule has 2 saturated heterocycles. The number of hydrogen-bond donors (Lipinski definition) is 1. The fourth-order valence-electron chi connectivity index (χ4n) is 5.11. The highest BCUT2D eigenvalue weighted by molar-refractivity contribution is 5.91. The molecule has 2 aliphatic rings. The van der Waals surface area contributed by atoms with Gasteiger partial charge in [0, 0.05) is 39.1 Å². The largest absolute Gasteiger partial charge is 0.353 e. The summed E-state index contributed by atoms with van der Waals surface area (Å²) in [5.41, 5.74) is 2.64. The molecule has 2 unspecified atom stereocenters. The van der Waals surface area contributed by atoms with Crippen LogP contribution in [-0.2, 0) is 20.8 Å². The van der Waals surface area contributed by atoms with Crippen molar-refractivity contribution in [1.29, 1.82) is 0 Å². The average Bonchev–Trinajstić information content (AvgIpc) is 3.38. The minimum absolute atomic E-state index is 0.00437. The van der Waals surface area contributed by atoms with E-state index in [-0.39, 0.29) is 36.1 Å². The maximum absolute atomic E-state index is 13.5. The molecular weight excluding hydrogens is 414 g/mol. The molecule has 4 rings (SSSR count). The third kappa shape index (κ3) is 4.80. The summed E-state index contributed by atoms with van der Waals surface area (Å²) in [5.74, 6) is -0.324. The summed E-state index contributed by atoms with van der Waals surface area (Å²) >= 11 is 0. The molecule has 1 N–H and O–H groups in total. The summed E-state index contributed by atoms with van der Waals surface area (Å²) in [5, 5.41) is 3.11. The first-order valence-corrected chi connectivity index (χ1v) is 11.8. The number of carbonyl (C=O) groups excluding carboxylic acids is 3. The van der Waals surface area contributed by atoms with Crippen molar-refractivity contribution in [2.45, 2.75) is 39.2 Å². The normalized spacial score (nSPS) is 22.8. The van der Waals surface area contributed by atoms with Gasteiger partial charge >= 0.3 is 0 Å². The Morgan fingerprint density at radius 2 is 1.79 bits per heavy atom. The summed E-state index contributed by atoms with van der Waals surface area (Å²) in [6.07, 6.45) is 1.43. The molecule has 2 atom stereocenters. The Balaban J connectivity index is 1.62. The zero-order valence-corrected chi connectivity index (χ0v) is 19.7. The molecule has 0 saturated carbocycles. The Morgan fingerprint density at radius 1 is 1.09 bits per heavy atom. The van der Waals surface area contributed by atoms with Gasteiger partial charge in [-0.15, -0.1) is 0 Å². The van der Waals surface area contributed by atoms with Gasteiger partial charge in [0.2, 0.25) is 17.7 Å². The average molecular weight is 448 g/mol. The summed E-state index contributed by atoms with van der Waals surface area (Å²) in [4.78, 5) is 42.1. The van der Waals surface area contributed by atoms with Gasteiger partial charge in [0.15, 0.2) is 0 Å². The van der Waals surface area contributed by atoms with Crippen molar-refractivity contribution in [2.24, 2.45) is 11.3 Å². The van der Waals surface area contributed by atoms with E-state index in [0.717, 1.165) is 16.7 Å². The molecule has 2 heterocycles. The third-order valence-corrected chi connectivity index (χ3v) is 6.89. The van der Waals surface area contributed by atoms with Crippen molar-refractivity contribution in [3.05, 3.63) is 60.2 Å². The predicted octanol–water partition coefficient (Wildman–Crippen LogP) is 3.12. The number of rotatable bonds is 6. The Labute approximate surface area is 196 Å². The first kappa shape index (κ1) is 23.0. The molecule has 0 radical (unpaired) electrons. The lowest BCUT2D eigenvalue weighted by Crippen LogP contribution is -2.48. The molecule has 174 valence electrons. The van der Waals surface area contributed by atoms with E-state index in [4.69, 9.17) is 0 Å². The number of benzene rings is 2. The van der Waals surface area contributed by atoms with Crippen LogP contribution in [0.2, 0.25) is 0 Å². The topological polar surface area (TPSA) is 69.7 Å². The monoisotopic (exact) mass is 447 g/mol. The van der Waals surface area contributed by atoms with Gasteiger partial charge in [-0.05, 0) is 43.4 Å². The van der Waals surface area contributed by atoms with E-state index in [1.165, 1.54) is 0 Å². The first-order chi connectivity index (χ1) is 15.8. The van der Waals surface area contributed by atoms with Gasteiger partial charge in [-0.1, -0.05) is 54.6 Å². The van der Waals surface area contributed by atoms with Crippen LogP contribution in [0, 0.1) is 11.3 Å². The van der Waals surface area contributed by atoms with Crippen LogP contribution in [0.1, 0.15) is 32.3 Å². The van der Waals surface area contributed by atoms with E-state index in [1.807, 2.05) is 49.1 Å². The summed E-state index contributed by atoms with van der Waals surface area (Å²) in [6.45, 7) is 5.28. The predicted molar refractivity (Wildman–Crippen MR) is 128 cm³/mol. The fraction of sp³-hybridized carbons (Fsp3) is 0.444. The highest BCUT2D eigenvalue weighted by atomic mass is 16.2. The van der Waals surface area contributed by atoms with E-state index in [1.54, 1.807) is 11.9 Å². The lowest BCUT2D eigenvalue weighted by atomic mass is 9.78. The number of likely N-dealkylation sites (tertiary alicyclic amines) is 2.